The SMILES string of the molecule is CN(Cc1ccc(CN)cc1)c1cccnc1. The molecule has 2 N–H and O–H groups in total. The Balaban J connectivity index is 2.05. The second-order valence-electron chi connectivity index (χ2n) is 4.09. The lowest BCUT2D eigenvalue weighted by Gasteiger charge is -2.18. The maximum absolute atomic E-state index is 5.57. The highest BCUT2D eigenvalue weighted by molar-refractivity contribution is 5.43. The van der Waals surface area contributed by atoms with Crippen LogP contribution in [0.1, 0.15) is 11.1 Å². The lowest BCUT2D eigenvalue weighted by molar-refractivity contribution is 0.915. The largest absolute Gasteiger partial charge is 0.369 e. The zero-order valence-electron chi connectivity index (χ0n) is 10.0. The standard InChI is InChI=1S/C14H17N3/c1-17(14-3-2-8-16-10-14)11-13-6-4-12(9-15)5-7-13/h2-8,10H,9,11,15H2,1H3. The number of rotatable bonds is 4. The van der Waals surface area contributed by atoms with Crippen molar-refractivity contribution in [3.63, 3.8) is 0 Å². The molecule has 0 spiro atoms. The molecule has 88 valence electrons. The minimum atomic E-state index is 0.596. The molecule has 2 rings (SSSR count). The second-order valence-corrected chi connectivity index (χ2v) is 4.09. The van der Waals surface area contributed by atoms with Crippen LogP contribution in [0.2, 0.25) is 0 Å². The summed E-state index contributed by atoms with van der Waals surface area (Å²) in [5.41, 5.74) is 9.13. The number of aromatic nitrogens is 1. The first-order chi connectivity index (χ1) is 8.29. The van der Waals surface area contributed by atoms with Crippen molar-refractivity contribution >= 4 is 5.69 Å². The van der Waals surface area contributed by atoms with E-state index in [1.807, 2.05) is 12.3 Å². The van der Waals surface area contributed by atoms with Crippen LogP contribution in [0.3, 0.4) is 0 Å². The predicted octanol–water partition coefficient (Wildman–Crippen LogP) is 2.18. The minimum Gasteiger partial charge on any atom is -0.369 e. The number of pyridine rings is 1. The third-order valence-corrected chi connectivity index (χ3v) is 2.77. The van der Waals surface area contributed by atoms with Crippen LogP contribution in [-0.4, -0.2) is 12.0 Å². The Morgan fingerprint density at radius 3 is 2.41 bits per heavy atom. The molecule has 3 nitrogen and oxygen atoms in total. The van der Waals surface area contributed by atoms with Gasteiger partial charge in [0, 0.05) is 26.3 Å². The van der Waals surface area contributed by atoms with Crippen LogP contribution in [0, 0.1) is 0 Å². The van der Waals surface area contributed by atoms with Gasteiger partial charge >= 0.3 is 0 Å². The van der Waals surface area contributed by atoms with E-state index >= 15 is 0 Å². The first-order valence-electron chi connectivity index (χ1n) is 5.68. The number of benzene rings is 1. The fourth-order valence-corrected chi connectivity index (χ4v) is 1.73. The molecule has 1 aromatic heterocycles. The molecule has 3 heteroatoms. The monoisotopic (exact) mass is 227 g/mol. The van der Waals surface area contributed by atoms with Crippen LogP contribution in [0.4, 0.5) is 5.69 Å². The zero-order chi connectivity index (χ0) is 12.1. The molecule has 0 radical (unpaired) electrons. The summed E-state index contributed by atoms with van der Waals surface area (Å²) in [6.07, 6.45) is 3.65. The Morgan fingerprint density at radius 2 is 1.82 bits per heavy atom. The van der Waals surface area contributed by atoms with Gasteiger partial charge in [0.1, 0.15) is 0 Å². The van der Waals surface area contributed by atoms with E-state index in [-0.39, 0.29) is 0 Å². The Labute approximate surface area is 102 Å². The summed E-state index contributed by atoms with van der Waals surface area (Å²) in [7, 11) is 2.06. The van der Waals surface area contributed by atoms with Gasteiger partial charge in [0.25, 0.3) is 0 Å². The van der Waals surface area contributed by atoms with Crippen molar-refractivity contribution in [3.8, 4) is 0 Å². The number of anilines is 1. The fraction of sp³-hybridized carbons (Fsp3) is 0.214. The molecule has 0 amide bonds. The Hall–Kier alpha value is -1.87. The van der Waals surface area contributed by atoms with Crippen molar-refractivity contribution in [3.05, 3.63) is 59.9 Å². The predicted molar refractivity (Wildman–Crippen MR) is 70.7 cm³/mol. The summed E-state index contributed by atoms with van der Waals surface area (Å²) >= 11 is 0. The van der Waals surface area contributed by atoms with Gasteiger partial charge in [-0.05, 0) is 23.3 Å². The highest BCUT2D eigenvalue weighted by Gasteiger charge is 2.01. The van der Waals surface area contributed by atoms with Gasteiger partial charge in [-0.25, -0.2) is 0 Å². The van der Waals surface area contributed by atoms with Crippen molar-refractivity contribution in [2.75, 3.05) is 11.9 Å². The van der Waals surface area contributed by atoms with Crippen molar-refractivity contribution in [2.45, 2.75) is 13.1 Å². The average Bonchev–Trinajstić information content (AvgIpc) is 2.40. The molecule has 1 heterocycles. The van der Waals surface area contributed by atoms with E-state index in [1.54, 1.807) is 6.20 Å². The second kappa shape index (κ2) is 5.46. The third kappa shape index (κ3) is 3.04. The summed E-state index contributed by atoms with van der Waals surface area (Å²) in [5, 5.41) is 0. The maximum Gasteiger partial charge on any atom is 0.0553 e. The first-order valence-corrected chi connectivity index (χ1v) is 5.68. The van der Waals surface area contributed by atoms with E-state index in [9.17, 15) is 0 Å². The summed E-state index contributed by atoms with van der Waals surface area (Å²) in [6.45, 7) is 1.47. The molecule has 0 fully saturated rings. The number of hydrogen-bond donors (Lipinski definition) is 1. The van der Waals surface area contributed by atoms with Gasteiger partial charge < -0.3 is 10.6 Å². The van der Waals surface area contributed by atoms with Crippen LogP contribution in [0.5, 0.6) is 0 Å². The summed E-state index contributed by atoms with van der Waals surface area (Å²) in [6, 6.07) is 12.4. The van der Waals surface area contributed by atoms with Crippen molar-refractivity contribution in [1.82, 2.24) is 4.98 Å². The topological polar surface area (TPSA) is 42.1 Å². The third-order valence-electron chi connectivity index (χ3n) is 2.77. The van der Waals surface area contributed by atoms with Crippen LogP contribution in [0.15, 0.2) is 48.8 Å². The van der Waals surface area contributed by atoms with Gasteiger partial charge in [-0.15, -0.1) is 0 Å². The molecule has 1 aromatic carbocycles. The van der Waals surface area contributed by atoms with Gasteiger partial charge in [-0.2, -0.15) is 0 Å². The molecule has 0 aliphatic rings. The number of nitrogens with zero attached hydrogens (tertiary/aromatic N) is 2. The van der Waals surface area contributed by atoms with Gasteiger partial charge in [0.05, 0.1) is 11.9 Å². The van der Waals surface area contributed by atoms with E-state index in [4.69, 9.17) is 5.73 Å². The van der Waals surface area contributed by atoms with Gasteiger partial charge in [-0.1, -0.05) is 24.3 Å². The van der Waals surface area contributed by atoms with Gasteiger partial charge in [0.2, 0.25) is 0 Å². The molecule has 0 aliphatic carbocycles. The maximum atomic E-state index is 5.57. The molecule has 2 aromatic rings. The van der Waals surface area contributed by atoms with E-state index < -0.39 is 0 Å². The summed E-state index contributed by atoms with van der Waals surface area (Å²) in [5.74, 6) is 0. The van der Waals surface area contributed by atoms with Crippen LogP contribution >= 0.6 is 0 Å². The Morgan fingerprint density at radius 1 is 1.12 bits per heavy atom. The zero-order valence-corrected chi connectivity index (χ0v) is 10.0. The fourth-order valence-electron chi connectivity index (χ4n) is 1.73. The van der Waals surface area contributed by atoms with Crippen LogP contribution < -0.4 is 10.6 Å². The van der Waals surface area contributed by atoms with E-state index in [0.29, 0.717) is 6.54 Å². The van der Waals surface area contributed by atoms with Crippen molar-refractivity contribution < 1.29 is 0 Å². The lowest BCUT2D eigenvalue weighted by Crippen LogP contribution is -2.16. The molecule has 0 saturated carbocycles. The van der Waals surface area contributed by atoms with Crippen LogP contribution in [0.25, 0.3) is 0 Å². The molecular weight excluding hydrogens is 210 g/mol. The highest BCUT2D eigenvalue weighted by atomic mass is 15.1. The van der Waals surface area contributed by atoms with Crippen LogP contribution in [-0.2, 0) is 13.1 Å². The highest BCUT2D eigenvalue weighted by Crippen LogP contribution is 2.13. The molecule has 0 unspecified atom stereocenters. The molecule has 0 bridgehead atoms. The Kier molecular flexibility index (Phi) is 3.73. The number of hydrogen-bond acceptors (Lipinski definition) is 3. The summed E-state index contributed by atoms with van der Waals surface area (Å²) in [4.78, 5) is 6.29. The molecule has 0 aliphatic heterocycles. The van der Waals surface area contributed by atoms with E-state index in [0.717, 1.165) is 17.8 Å². The lowest BCUT2D eigenvalue weighted by atomic mass is 10.1. The van der Waals surface area contributed by atoms with E-state index in [2.05, 4.69) is 47.3 Å². The van der Waals surface area contributed by atoms with Gasteiger partial charge in [0.15, 0.2) is 0 Å². The minimum absolute atomic E-state index is 0.596. The molecule has 17 heavy (non-hydrogen) atoms. The number of nitrogens with two attached hydrogens (primary N) is 1. The smallest absolute Gasteiger partial charge is 0.0553 e. The van der Waals surface area contributed by atoms with Gasteiger partial charge in [-0.3, -0.25) is 4.98 Å². The molecule has 0 atom stereocenters. The van der Waals surface area contributed by atoms with E-state index in [1.165, 1.54) is 5.56 Å². The van der Waals surface area contributed by atoms with Crippen molar-refractivity contribution in [2.24, 2.45) is 5.73 Å². The molecule has 0 saturated heterocycles. The first kappa shape index (κ1) is 11.6. The molecular formula is C14H17N3. The Bertz CT molecular complexity index is 451. The average molecular weight is 227 g/mol. The summed E-state index contributed by atoms with van der Waals surface area (Å²) < 4.78 is 0. The van der Waals surface area contributed by atoms with Crippen molar-refractivity contribution in [1.29, 1.82) is 0 Å². The quantitative estimate of drug-likeness (QED) is 0.870. The normalized spacial score (nSPS) is 10.2.